The molecule has 2 heterocycles. The molecule has 0 saturated heterocycles. The smallest absolute Gasteiger partial charge is 0.240 e. The Bertz CT molecular complexity index is 803. The quantitative estimate of drug-likeness (QED) is 0.768. The van der Waals surface area contributed by atoms with Crippen LogP contribution in [0.1, 0.15) is 12.5 Å². The zero-order chi connectivity index (χ0) is 16.4. The monoisotopic (exact) mass is 332 g/mol. The molecule has 1 aliphatic heterocycles. The number of nitrogens with zero attached hydrogens (tertiary/aromatic N) is 1. The van der Waals surface area contributed by atoms with Crippen LogP contribution in [0.25, 0.3) is 11.1 Å². The first kappa shape index (κ1) is 15.9. The molecule has 0 fully saturated rings. The normalized spacial score (nSPS) is 16.9. The van der Waals surface area contributed by atoms with E-state index < -0.39 is 10.0 Å². The highest BCUT2D eigenvalue weighted by atomic mass is 32.2. The van der Waals surface area contributed by atoms with Gasteiger partial charge in [0.15, 0.2) is 0 Å². The van der Waals surface area contributed by atoms with Gasteiger partial charge in [-0.1, -0.05) is 12.1 Å². The molecule has 0 amide bonds. The van der Waals surface area contributed by atoms with E-state index in [9.17, 15) is 8.42 Å². The summed E-state index contributed by atoms with van der Waals surface area (Å²) in [6.45, 7) is 2.61. The number of fused-ring (bicyclic) bond motifs is 1. The lowest BCUT2D eigenvalue weighted by atomic mass is 9.99. The molecule has 0 spiro atoms. The number of rotatable bonds is 5. The second kappa shape index (κ2) is 6.27. The molecule has 0 saturated carbocycles. The molecule has 1 aromatic heterocycles. The van der Waals surface area contributed by atoms with Crippen LogP contribution in [0.3, 0.4) is 0 Å². The van der Waals surface area contributed by atoms with E-state index in [0.717, 1.165) is 23.4 Å². The topological polar surface area (TPSA) is 97.1 Å². The van der Waals surface area contributed by atoms with Gasteiger partial charge in [0.25, 0.3) is 0 Å². The minimum Gasteiger partial charge on any atom is -0.367 e. The molecule has 1 aromatic carbocycles. The number of hydrogen-bond donors (Lipinski definition) is 3. The third kappa shape index (κ3) is 3.21. The summed E-state index contributed by atoms with van der Waals surface area (Å²) < 4.78 is 26.6. The molecule has 0 aliphatic carbocycles. The fourth-order valence-corrected chi connectivity index (χ4v) is 3.82. The standard InChI is InChI=1S/C16H20N4O2S/c1-11-10-15-14(6-8-18-16(15)20-11)12-2-4-13(5-3-12)23(21,22)19-9-7-17/h2-6,8,11,19H,7,9-10,17H2,1H3,(H,18,20). The Kier molecular flexibility index (Phi) is 4.34. The highest BCUT2D eigenvalue weighted by Crippen LogP contribution is 2.33. The van der Waals surface area contributed by atoms with Crippen molar-refractivity contribution < 1.29 is 8.42 Å². The molecule has 2 aromatic rings. The molecule has 122 valence electrons. The van der Waals surface area contributed by atoms with Crippen LogP contribution >= 0.6 is 0 Å². The van der Waals surface area contributed by atoms with Crippen LogP contribution in [-0.4, -0.2) is 32.5 Å². The first-order chi connectivity index (χ1) is 11.0. The van der Waals surface area contributed by atoms with Gasteiger partial charge in [0.2, 0.25) is 10.0 Å². The number of nitrogens with one attached hydrogen (secondary N) is 2. The Morgan fingerprint density at radius 3 is 2.74 bits per heavy atom. The second-order valence-corrected chi connectivity index (χ2v) is 7.41. The summed E-state index contributed by atoms with van der Waals surface area (Å²) in [7, 11) is -3.50. The average molecular weight is 332 g/mol. The van der Waals surface area contributed by atoms with Crippen molar-refractivity contribution in [2.75, 3.05) is 18.4 Å². The van der Waals surface area contributed by atoms with Crippen LogP contribution in [0.4, 0.5) is 5.82 Å². The zero-order valence-electron chi connectivity index (χ0n) is 12.9. The fraction of sp³-hybridized carbons (Fsp3) is 0.312. The van der Waals surface area contributed by atoms with Gasteiger partial charge in [-0.25, -0.2) is 18.1 Å². The lowest BCUT2D eigenvalue weighted by Crippen LogP contribution is -2.29. The molecule has 23 heavy (non-hydrogen) atoms. The number of anilines is 1. The summed E-state index contributed by atoms with van der Waals surface area (Å²) in [4.78, 5) is 4.60. The lowest BCUT2D eigenvalue weighted by Gasteiger charge is -2.09. The molecular formula is C16H20N4O2S. The SMILES string of the molecule is CC1Cc2c(-c3ccc(S(=O)(=O)NCCN)cc3)ccnc2N1. The van der Waals surface area contributed by atoms with Crippen LogP contribution in [0.15, 0.2) is 41.4 Å². The number of nitrogens with two attached hydrogens (primary N) is 1. The predicted molar refractivity (Wildman–Crippen MR) is 90.7 cm³/mol. The van der Waals surface area contributed by atoms with Crippen molar-refractivity contribution in [1.82, 2.24) is 9.71 Å². The van der Waals surface area contributed by atoms with Crippen molar-refractivity contribution in [3.8, 4) is 11.1 Å². The zero-order valence-corrected chi connectivity index (χ0v) is 13.7. The molecular weight excluding hydrogens is 312 g/mol. The fourth-order valence-electron chi connectivity index (χ4n) is 2.77. The minimum absolute atomic E-state index is 0.228. The maximum Gasteiger partial charge on any atom is 0.240 e. The van der Waals surface area contributed by atoms with Gasteiger partial charge in [0.1, 0.15) is 5.82 Å². The van der Waals surface area contributed by atoms with Gasteiger partial charge < -0.3 is 11.1 Å². The first-order valence-electron chi connectivity index (χ1n) is 7.56. The summed E-state index contributed by atoms with van der Waals surface area (Å²) >= 11 is 0. The van der Waals surface area contributed by atoms with E-state index in [2.05, 4.69) is 21.9 Å². The first-order valence-corrected chi connectivity index (χ1v) is 9.04. The van der Waals surface area contributed by atoms with Crippen molar-refractivity contribution in [2.45, 2.75) is 24.3 Å². The van der Waals surface area contributed by atoms with E-state index >= 15 is 0 Å². The largest absolute Gasteiger partial charge is 0.367 e. The van der Waals surface area contributed by atoms with Gasteiger partial charge in [0, 0.05) is 30.9 Å². The Morgan fingerprint density at radius 1 is 1.30 bits per heavy atom. The summed E-state index contributed by atoms with van der Waals surface area (Å²) in [6.07, 6.45) is 2.68. The Hall–Kier alpha value is -1.96. The van der Waals surface area contributed by atoms with E-state index in [4.69, 9.17) is 5.73 Å². The van der Waals surface area contributed by atoms with E-state index in [-0.39, 0.29) is 18.0 Å². The molecule has 1 atom stereocenters. The van der Waals surface area contributed by atoms with Crippen LogP contribution in [-0.2, 0) is 16.4 Å². The maximum atomic E-state index is 12.1. The number of benzene rings is 1. The molecule has 0 radical (unpaired) electrons. The van der Waals surface area contributed by atoms with Gasteiger partial charge >= 0.3 is 0 Å². The van der Waals surface area contributed by atoms with E-state index in [1.807, 2.05) is 18.2 Å². The van der Waals surface area contributed by atoms with Gasteiger partial charge in [-0.15, -0.1) is 0 Å². The van der Waals surface area contributed by atoms with Gasteiger partial charge in [-0.3, -0.25) is 0 Å². The molecule has 4 N–H and O–H groups in total. The van der Waals surface area contributed by atoms with Crippen LogP contribution in [0, 0.1) is 0 Å². The molecule has 7 heteroatoms. The highest BCUT2D eigenvalue weighted by molar-refractivity contribution is 7.89. The van der Waals surface area contributed by atoms with Crippen LogP contribution in [0.5, 0.6) is 0 Å². The highest BCUT2D eigenvalue weighted by Gasteiger charge is 2.21. The summed E-state index contributed by atoms with van der Waals surface area (Å²) in [5, 5.41) is 3.34. The number of hydrogen-bond acceptors (Lipinski definition) is 5. The van der Waals surface area contributed by atoms with E-state index in [0.29, 0.717) is 6.04 Å². The number of aromatic nitrogens is 1. The van der Waals surface area contributed by atoms with Gasteiger partial charge in [-0.05, 0) is 42.7 Å². The van der Waals surface area contributed by atoms with Crippen molar-refractivity contribution in [3.05, 3.63) is 42.1 Å². The van der Waals surface area contributed by atoms with Gasteiger partial charge in [-0.2, -0.15) is 0 Å². The molecule has 1 aliphatic rings. The minimum atomic E-state index is -3.50. The third-order valence-electron chi connectivity index (χ3n) is 3.86. The molecule has 3 rings (SSSR count). The summed E-state index contributed by atoms with van der Waals surface area (Å²) in [5.74, 6) is 0.913. The predicted octanol–water partition coefficient (Wildman–Crippen LogP) is 1.34. The van der Waals surface area contributed by atoms with Crippen molar-refractivity contribution in [3.63, 3.8) is 0 Å². The van der Waals surface area contributed by atoms with Crippen molar-refractivity contribution in [2.24, 2.45) is 5.73 Å². The molecule has 6 nitrogen and oxygen atoms in total. The average Bonchev–Trinajstić information content (AvgIpc) is 2.93. The van der Waals surface area contributed by atoms with Crippen LogP contribution < -0.4 is 15.8 Å². The van der Waals surface area contributed by atoms with Crippen molar-refractivity contribution in [1.29, 1.82) is 0 Å². The van der Waals surface area contributed by atoms with Crippen LogP contribution in [0.2, 0.25) is 0 Å². The number of sulfonamides is 1. The summed E-state index contributed by atoms with van der Waals surface area (Å²) in [6, 6.07) is 9.22. The van der Waals surface area contributed by atoms with Gasteiger partial charge in [0.05, 0.1) is 4.90 Å². The number of pyridine rings is 1. The van der Waals surface area contributed by atoms with E-state index in [1.165, 1.54) is 5.56 Å². The second-order valence-electron chi connectivity index (χ2n) is 5.65. The molecule has 0 bridgehead atoms. The van der Waals surface area contributed by atoms with Crippen molar-refractivity contribution >= 4 is 15.8 Å². The third-order valence-corrected chi connectivity index (χ3v) is 5.34. The Morgan fingerprint density at radius 2 is 2.04 bits per heavy atom. The maximum absolute atomic E-state index is 12.1. The van der Waals surface area contributed by atoms with E-state index in [1.54, 1.807) is 18.3 Å². The molecule has 1 unspecified atom stereocenters. The Labute approximate surface area is 136 Å². The summed E-state index contributed by atoms with van der Waals surface area (Å²) in [5.41, 5.74) is 8.59. The Balaban J connectivity index is 1.91. The lowest BCUT2D eigenvalue weighted by molar-refractivity contribution is 0.582.